The molecule has 0 radical (unpaired) electrons. The molecule has 1 N–H and O–H groups in total. The highest BCUT2D eigenvalue weighted by Gasteiger charge is 2.14. The summed E-state index contributed by atoms with van der Waals surface area (Å²) >= 11 is 3.38. The van der Waals surface area contributed by atoms with Crippen LogP contribution in [-0.4, -0.2) is 31.2 Å². The van der Waals surface area contributed by atoms with Crippen molar-refractivity contribution in [3.05, 3.63) is 52.5 Å². The third kappa shape index (κ3) is 4.49. The maximum atomic E-state index is 12.0. The van der Waals surface area contributed by atoms with Gasteiger partial charge in [0.25, 0.3) is 0 Å². The van der Waals surface area contributed by atoms with Gasteiger partial charge in [-0.2, -0.15) is 0 Å². The van der Waals surface area contributed by atoms with Crippen LogP contribution in [0.4, 0.5) is 5.69 Å². The number of halogens is 1. The summed E-state index contributed by atoms with van der Waals surface area (Å²) in [6.07, 6.45) is 0.442. The van der Waals surface area contributed by atoms with Gasteiger partial charge in [-0.3, -0.25) is 4.79 Å². The highest BCUT2D eigenvalue weighted by Crippen LogP contribution is 2.32. The van der Waals surface area contributed by atoms with E-state index in [1.807, 2.05) is 49.5 Å². The van der Waals surface area contributed by atoms with Gasteiger partial charge in [0.1, 0.15) is 0 Å². The maximum Gasteiger partial charge on any atom is 0.231 e. The lowest BCUT2D eigenvalue weighted by atomic mass is 10.2. The van der Waals surface area contributed by atoms with E-state index in [1.54, 1.807) is 0 Å². The van der Waals surface area contributed by atoms with Gasteiger partial charge in [-0.1, -0.05) is 22.0 Å². The molecule has 6 heteroatoms. The summed E-state index contributed by atoms with van der Waals surface area (Å²) in [6.45, 7) is 1.71. The Balaban J connectivity index is 1.45. The molecule has 0 bridgehead atoms. The summed E-state index contributed by atoms with van der Waals surface area (Å²) in [6, 6.07) is 13.5. The van der Waals surface area contributed by atoms with Crippen LogP contribution in [0.5, 0.6) is 11.5 Å². The number of nitrogens with one attached hydrogen (secondary N) is 1. The Hall–Kier alpha value is -2.05. The molecule has 1 amide bonds. The van der Waals surface area contributed by atoms with E-state index in [0.717, 1.165) is 33.8 Å². The number of ether oxygens (including phenoxy) is 2. The number of rotatable bonds is 6. The first kappa shape index (κ1) is 16.8. The third-order valence-corrected chi connectivity index (χ3v) is 4.27. The topological polar surface area (TPSA) is 50.8 Å². The number of benzene rings is 2. The standard InChI is InChI=1S/C18H19BrN2O3/c1-21(11-13-2-7-16-17(10-13)24-12-23-16)9-8-18(22)20-15-5-3-14(19)4-6-15/h2-7,10H,8-9,11-12H2,1H3,(H,20,22). The van der Waals surface area contributed by atoms with Crippen molar-refractivity contribution in [3.63, 3.8) is 0 Å². The van der Waals surface area contributed by atoms with Crippen molar-refractivity contribution in [2.24, 2.45) is 0 Å². The average molecular weight is 391 g/mol. The number of carbonyl (C=O) groups excluding carboxylic acids is 1. The van der Waals surface area contributed by atoms with E-state index in [4.69, 9.17) is 9.47 Å². The van der Waals surface area contributed by atoms with Crippen molar-refractivity contribution in [1.29, 1.82) is 0 Å². The highest BCUT2D eigenvalue weighted by atomic mass is 79.9. The number of amides is 1. The van der Waals surface area contributed by atoms with Crippen molar-refractivity contribution in [2.75, 3.05) is 25.7 Å². The maximum absolute atomic E-state index is 12.0. The van der Waals surface area contributed by atoms with E-state index in [9.17, 15) is 4.79 Å². The summed E-state index contributed by atoms with van der Waals surface area (Å²) in [5.41, 5.74) is 1.94. The van der Waals surface area contributed by atoms with Crippen LogP contribution in [0.25, 0.3) is 0 Å². The van der Waals surface area contributed by atoms with E-state index in [2.05, 4.69) is 26.1 Å². The van der Waals surface area contributed by atoms with Crippen LogP contribution in [-0.2, 0) is 11.3 Å². The number of hydrogen-bond donors (Lipinski definition) is 1. The van der Waals surface area contributed by atoms with Gasteiger partial charge < -0.3 is 19.7 Å². The first-order valence-corrected chi connectivity index (χ1v) is 8.52. The van der Waals surface area contributed by atoms with Crippen molar-refractivity contribution in [2.45, 2.75) is 13.0 Å². The van der Waals surface area contributed by atoms with Gasteiger partial charge in [0.05, 0.1) is 0 Å². The molecule has 126 valence electrons. The van der Waals surface area contributed by atoms with Crippen molar-refractivity contribution >= 4 is 27.5 Å². The van der Waals surface area contributed by atoms with Gasteiger partial charge in [-0.25, -0.2) is 0 Å². The third-order valence-electron chi connectivity index (χ3n) is 3.74. The second-order valence-corrected chi connectivity index (χ2v) is 6.65. The van der Waals surface area contributed by atoms with E-state index in [1.165, 1.54) is 0 Å². The zero-order valence-electron chi connectivity index (χ0n) is 13.4. The molecular formula is C18H19BrN2O3. The Morgan fingerprint density at radius 3 is 2.71 bits per heavy atom. The van der Waals surface area contributed by atoms with Gasteiger partial charge >= 0.3 is 0 Å². The van der Waals surface area contributed by atoms with Crippen LogP contribution in [0.15, 0.2) is 46.9 Å². The highest BCUT2D eigenvalue weighted by molar-refractivity contribution is 9.10. The molecule has 1 aliphatic heterocycles. The second-order valence-electron chi connectivity index (χ2n) is 5.73. The minimum Gasteiger partial charge on any atom is -0.454 e. The molecule has 0 aliphatic carbocycles. The van der Waals surface area contributed by atoms with Crippen molar-refractivity contribution < 1.29 is 14.3 Å². The molecule has 2 aromatic carbocycles. The summed E-state index contributed by atoms with van der Waals surface area (Å²) in [4.78, 5) is 14.1. The van der Waals surface area contributed by atoms with Crippen LogP contribution in [0.2, 0.25) is 0 Å². The molecule has 0 atom stereocenters. The molecule has 5 nitrogen and oxygen atoms in total. The first-order chi connectivity index (χ1) is 11.6. The SMILES string of the molecule is CN(CCC(=O)Nc1ccc(Br)cc1)Cc1ccc2c(c1)OCO2. The molecule has 1 aliphatic rings. The molecule has 0 fully saturated rings. The predicted octanol–water partition coefficient (Wildman–Crippen LogP) is 3.64. The van der Waals surface area contributed by atoms with Crippen LogP contribution in [0.3, 0.4) is 0 Å². The summed E-state index contributed by atoms with van der Waals surface area (Å²) in [7, 11) is 2.00. The predicted molar refractivity (Wildman–Crippen MR) is 96.3 cm³/mol. The molecule has 2 aromatic rings. The lowest BCUT2D eigenvalue weighted by molar-refractivity contribution is -0.116. The first-order valence-electron chi connectivity index (χ1n) is 7.72. The molecule has 0 spiro atoms. The Morgan fingerprint density at radius 1 is 1.17 bits per heavy atom. The second kappa shape index (κ2) is 7.68. The van der Waals surface area contributed by atoms with Crippen molar-refractivity contribution in [3.8, 4) is 11.5 Å². The van der Waals surface area contributed by atoms with Crippen LogP contribution in [0, 0.1) is 0 Å². The summed E-state index contributed by atoms with van der Waals surface area (Å²) in [5.74, 6) is 1.58. The summed E-state index contributed by atoms with van der Waals surface area (Å²) < 4.78 is 11.7. The minimum absolute atomic E-state index is 0.00913. The zero-order valence-corrected chi connectivity index (χ0v) is 15.0. The zero-order chi connectivity index (χ0) is 16.9. The van der Waals surface area contributed by atoms with Crippen LogP contribution in [0.1, 0.15) is 12.0 Å². The largest absolute Gasteiger partial charge is 0.454 e. The van der Waals surface area contributed by atoms with Crippen LogP contribution >= 0.6 is 15.9 Å². The molecule has 0 saturated carbocycles. The molecule has 0 saturated heterocycles. The molecular weight excluding hydrogens is 372 g/mol. The fourth-order valence-electron chi connectivity index (χ4n) is 2.48. The lowest BCUT2D eigenvalue weighted by Gasteiger charge is -2.16. The molecule has 3 rings (SSSR count). The van der Waals surface area contributed by atoms with Gasteiger partial charge in [0.15, 0.2) is 11.5 Å². The fourth-order valence-corrected chi connectivity index (χ4v) is 2.74. The number of hydrogen-bond acceptors (Lipinski definition) is 4. The van der Waals surface area contributed by atoms with Gasteiger partial charge in [0, 0.05) is 29.7 Å². The van der Waals surface area contributed by atoms with E-state index >= 15 is 0 Å². The smallest absolute Gasteiger partial charge is 0.231 e. The summed E-state index contributed by atoms with van der Waals surface area (Å²) in [5, 5.41) is 2.90. The number of anilines is 1. The Morgan fingerprint density at radius 2 is 1.92 bits per heavy atom. The van der Waals surface area contributed by atoms with Gasteiger partial charge in [0.2, 0.25) is 12.7 Å². The van der Waals surface area contributed by atoms with Gasteiger partial charge in [-0.15, -0.1) is 0 Å². The average Bonchev–Trinajstić information content (AvgIpc) is 3.03. The van der Waals surface area contributed by atoms with Crippen molar-refractivity contribution in [1.82, 2.24) is 4.90 Å². The number of nitrogens with zero attached hydrogens (tertiary/aromatic N) is 1. The Bertz CT molecular complexity index is 719. The Labute approximate surface area is 149 Å². The lowest BCUT2D eigenvalue weighted by Crippen LogP contribution is -2.24. The minimum atomic E-state index is 0.00913. The van der Waals surface area contributed by atoms with Crippen LogP contribution < -0.4 is 14.8 Å². The van der Waals surface area contributed by atoms with E-state index in [-0.39, 0.29) is 12.7 Å². The Kier molecular flexibility index (Phi) is 5.37. The van der Waals surface area contributed by atoms with Gasteiger partial charge in [-0.05, 0) is 49.0 Å². The molecule has 0 unspecified atom stereocenters. The van der Waals surface area contributed by atoms with E-state index < -0.39 is 0 Å². The van der Waals surface area contributed by atoms with E-state index in [0.29, 0.717) is 13.0 Å². The fraction of sp³-hybridized carbons (Fsp3) is 0.278. The molecule has 0 aromatic heterocycles. The normalized spacial score (nSPS) is 12.5. The molecule has 1 heterocycles. The number of fused-ring (bicyclic) bond motifs is 1. The monoisotopic (exact) mass is 390 g/mol. The number of carbonyl (C=O) groups is 1. The molecule has 24 heavy (non-hydrogen) atoms. The quantitative estimate of drug-likeness (QED) is 0.817.